The van der Waals surface area contributed by atoms with Crippen molar-refractivity contribution < 1.29 is 0 Å². The van der Waals surface area contributed by atoms with Crippen LogP contribution in [0, 0.1) is 0 Å². The minimum atomic E-state index is 0.319. The molecule has 2 atom stereocenters. The number of nitrogens with one attached hydrogen (secondary N) is 1. The van der Waals surface area contributed by atoms with Crippen molar-refractivity contribution in [3.8, 4) is 0 Å². The van der Waals surface area contributed by atoms with E-state index in [1.807, 2.05) is 6.20 Å². The number of hydrogen-bond acceptors (Lipinski definition) is 2. The molecule has 1 aromatic heterocycles. The van der Waals surface area contributed by atoms with Crippen molar-refractivity contribution in [2.75, 3.05) is 6.54 Å². The normalized spacial score (nSPS) is 29.8. The fourth-order valence-corrected chi connectivity index (χ4v) is 3.03. The van der Waals surface area contributed by atoms with E-state index in [0.29, 0.717) is 11.5 Å². The molecule has 90 valence electrons. The summed E-state index contributed by atoms with van der Waals surface area (Å²) in [6.07, 6.45) is 5.74. The Morgan fingerprint density at radius 3 is 3.06 bits per heavy atom. The van der Waals surface area contributed by atoms with Crippen LogP contribution < -0.4 is 5.32 Å². The van der Waals surface area contributed by atoms with Gasteiger partial charge < -0.3 is 5.32 Å². The first-order chi connectivity index (χ1) is 7.69. The second-order valence-electron chi connectivity index (χ2n) is 5.09. The standard InChI is InChI=1S/C13H23N3/c1-4-14-11-6-8-13(3,10-11)12-7-9-15-16(12)5-2/h7,9,11,14H,4-6,8,10H2,1-3H3. The summed E-state index contributed by atoms with van der Waals surface area (Å²) >= 11 is 0. The lowest BCUT2D eigenvalue weighted by molar-refractivity contribution is 0.417. The van der Waals surface area contributed by atoms with Crippen molar-refractivity contribution in [1.82, 2.24) is 15.1 Å². The highest BCUT2D eigenvalue weighted by molar-refractivity contribution is 5.18. The summed E-state index contributed by atoms with van der Waals surface area (Å²) in [6.45, 7) is 8.79. The van der Waals surface area contributed by atoms with Crippen LogP contribution in [0.25, 0.3) is 0 Å². The summed E-state index contributed by atoms with van der Waals surface area (Å²) in [5, 5.41) is 7.96. The highest BCUT2D eigenvalue weighted by Gasteiger charge is 2.38. The lowest BCUT2D eigenvalue weighted by Crippen LogP contribution is -2.29. The van der Waals surface area contributed by atoms with E-state index in [4.69, 9.17) is 0 Å². The van der Waals surface area contributed by atoms with E-state index in [-0.39, 0.29) is 0 Å². The second-order valence-corrected chi connectivity index (χ2v) is 5.09. The molecule has 0 amide bonds. The first-order valence-corrected chi connectivity index (χ1v) is 6.45. The molecule has 0 bridgehead atoms. The summed E-state index contributed by atoms with van der Waals surface area (Å²) in [5.74, 6) is 0. The lowest BCUT2D eigenvalue weighted by atomic mass is 9.84. The second kappa shape index (κ2) is 4.58. The monoisotopic (exact) mass is 221 g/mol. The molecule has 0 saturated heterocycles. The first-order valence-electron chi connectivity index (χ1n) is 6.45. The highest BCUT2D eigenvalue weighted by Crippen LogP contribution is 2.40. The topological polar surface area (TPSA) is 29.9 Å². The molecule has 0 aromatic carbocycles. The number of nitrogens with zero attached hydrogens (tertiary/aromatic N) is 2. The van der Waals surface area contributed by atoms with Gasteiger partial charge in [0.25, 0.3) is 0 Å². The summed E-state index contributed by atoms with van der Waals surface area (Å²) in [5.41, 5.74) is 1.73. The van der Waals surface area contributed by atoms with Crippen molar-refractivity contribution in [3.63, 3.8) is 0 Å². The number of aryl methyl sites for hydroxylation is 1. The molecule has 0 spiro atoms. The minimum absolute atomic E-state index is 0.319. The fraction of sp³-hybridized carbons (Fsp3) is 0.769. The zero-order valence-electron chi connectivity index (χ0n) is 10.7. The predicted octanol–water partition coefficient (Wildman–Crippen LogP) is 2.32. The maximum Gasteiger partial charge on any atom is 0.0492 e. The van der Waals surface area contributed by atoms with Gasteiger partial charge in [-0.25, -0.2) is 0 Å². The van der Waals surface area contributed by atoms with E-state index >= 15 is 0 Å². The smallest absolute Gasteiger partial charge is 0.0492 e. The Hall–Kier alpha value is -0.830. The van der Waals surface area contributed by atoms with Gasteiger partial charge in [-0.05, 0) is 38.8 Å². The average Bonchev–Trinajstić information content (AvgIpc) is 2.86. The van der Waals surface area contributed by atoms with Crippen LogP contribution in [-0.2, 0) is 12.0 Å². The maximum atomic E-state index is 4.39. The van der Waals surface area contributed by atoms with Gasteiger partial charge in [-0.15, -0.1) is 0 Å². The zero-order chi connectivity index (χ0) is 11.6. The molecule has 3 heteroatoms. The Balaban J connectivity index is 2.15. The van der Waals surface area contributed by atoms with Crippen LogP contribution in [0.15, 0.2) is 12.3 Å². The van der Waals surface area contributed by atoms with E-state index in [1.54, 1.807) is 0 Å². The number of hydrogen-bond donors (Lipinski definition) is 1. The zero-order valence-corrected chi connectivity index (χ0v) is 10.7. The van der Waals surface area contributed by atoms with Crippen molar-refractivity contribution in [1.29, 1.82) is 0 Å². The molecule has 1 aromatic rings. The molecular formula is C13H23N3. The van der Waals surface area contributed by atoms with Crippen LogP contribution in [-0.4, -0.2) is 22.4 Å². The molecule has 2 rings (SSSR count). The molecule has 1 aliphatic rings. The van der Waals surface area contributed by atoms with E-state index in [0.717, 1.165) is 13.1 Å². The van der Waals surface area contributed by atoms with Gasteiger partial charge in [0.05, 0.1) is 0 Å². The Bertz CT molecular complexity index is 345. The summed E-state index contributed by atoms with van der Waals surface area (Å²) in [4.78, 5) is 0. The number of aromatic nitrogens is 2. The van der Waals surface area contributed by atoms with Gasteiger partial charge in [0.1, 0.15) is 0 Å². The van der Waals surface area contributed by atoms with Crippen molar-refractivity contribution in [2.45, 2.75) is 58.0 Å². The van der Waals surface area contributed by atoms with Gasteiger partial charge in [-0.1, -0.05) is 13.8 Å². The lowest BCUT2D eigenvalue weighted by Gasteiger charge is -2.25. The van der Waals surface area contributed by atoms with Crippen LogP contribution in [0.4, 0.5) is 0 Å². The largest absolute Gasteiger partial charge is 0.314 e. The Morgan fingerprint density at radius 1 is 1.56 bits per heavy atom. The van der Waals surface area contributed by atoms with E-state index in [1.165, 1.54) is 25.0 Å². The first kappa shape index (κ1) is 11.6. The summed E-state index contributed by atoms with van der Waals surface area (Å²) in [7, 11) is 0. The Labute approximate surface area is 98.2 Å². The van der Waals surface area contributed by atoms with Crippen LogP contribution in [0.2, 0.25) is 0 Å². The van der Waals surface area contributed by atoms with Crippen LogP contribution in [0.1, 0.15) is 45.7 Å². The molecule has 1 fully saturated rings. The molecule has 1 N–H and O–H groups in total. The van der Waals surface area contributed by atoms with Crippen molar-refractivity contribution >= 4 is 0 Å². The Kier molecular flexibility index (Phi) is 3.33. The van der Waals surface area contributed by atoms with E-state index in [2.05, 4.69) is 41.9 Å². The molecule has 1 saturated carbocycles. The third-order valence-corrected chi connectivity index (χ3v) is 3.87. The fourth-order valence-electron chi connectivity index (χ4n) is 3.03. The predicted molar refractivity (Wildman–Crippen MR) is 66.6 cm³/mol. The quantitative estimate of drug-likeness (QED) is 0.845. The molecule has 1 aliphatic carbocycles. The van der Waals surface area contributed by atoms with Gasteiger partial charge in [0, 0.05) is 29.9 Å². The summed E-state index contributed by atoms with van der Waals surface area (Å²) < 4.78 is 2.15. The van der Waals surface area contributed by atoms with Crippen molar-refractivity contribution in [3.05, 3.63) is 18.0 Å². The third kappa shape index (κ3) is 2.01. The van der Waals surface area contributed by atoms with Gasteiger partial charge in [-0.3, -0.25) is 4.68 Å². The third-order valence-electron chi connectivity index (χ3n) is 3.87. The molecule has 0 radical (unpaired) electrons. The molecule has 3 nitrogen and oxygen atoms in total. The Morgan fingerprint density at radius 2 is 2.38 bits per heavy atom. The van der Waals surface area contributed by atoms with Crippen LogP contribution in [0.3, 0.4) is 0 Å². The van der Waals surface area contributed by atoms with Crippen molar-refractivity contribution in [2.24, 2.45) is 0 Å². The molecular weight excluding hydrogens is 198 g/mol. The molecule has 1 heterocycles. The van der Waals surface area contributed by atoms with Gasteiger partial charge in [-0.2, -0.15) is 5.10 Å². The van der Waals surface area contributed by atoms with Gasteiger partial charge in [0.2, 0.25) is 0 Å². The molecule has 2 unspecified atom stereocenters. The molecule has 0 aliphatic heterocycles. The van der Waals surface area contributed by atoms with E-state index in [9.17, 15) is 0 Å². The molecule has 16 heavy (non-hydrogen) atoms. The minimum Gasteiger partial charge on any atom is -0.314 e. The average molecular weight is 221 g/mol. The van der Waals surface area contributed by atoms with Crippen LogP contribution >= 0.6 is 0 Å². The number of rotatable bonds is 4. The van der Waals surface area contributed by atoms with Gasteiger partial charge in [0.15, 0.2) is 0 Å². The summed E-state index contributed by atoms with van der Waals surface area (Å²) in [6, 6.07) is 2.88. The highest BCUT2D eigenvalue weighted by atomic mass is 15.3. The van der Waals surface area contributed by atoms with Gasteiger partial charge >= 0.3 is 0 Å². The maximum absolute atomic E-state index is 4.39. The van der Waals surface area contributed by atoms with Crippen LogP contribution in [0.5, 0.6) is 0 Å². The SMILES string of the molecule is CCNC1CCC(C)(c2ccnn2CC)C1. The van der Waals surface area contributed by atoms with E-state index < -0.39 is 0 Å².